The van der Waals surface area contributed by atoms with Crippen LogP contribution in [0.4, 0.5) is 0 Å². The minimum atomic E-state index is -2.00. The molecule has 0 rings (SSSR count). The lowest BCUT2D eigenvalue weighted by atomic mass is 10.3. The lowest BCUT2D eigenvalue weighted by Gasteiger charge is -2.16. The number of carbonyl (C=O) groups is 3. The normalized spacial score (nSPS) is 11.9. The molecule has 0 fully saturated rings. The molecule has 6 nitrogen and oxygen atoms in total. The van der Waals surface area contributed by atoms with Crippen LogP contribution in [-0.4, -0.2) is 37.9 Å². The number of carboxylic acids is 1. The molecule has 0 saturated carbocycles. The third-order valence-electron chi connectivity index (χ3n) is 1.40. The molecule has 0 aliphatic heterocycles. The molecule has 0 heterocycles. The van der Waals surface area contributed by atoms with Gasteiger partial charge in [0.2, 0.25) is 8.32 Å². The van der Waals surface area contributed by atoms with Crippen LogP contribution in [0.25, 0.3) is 0 Å². The van der Waals surface area contributed by atoms with Gasteiger partial charge in [-0.15, -0.1) is 0 Å². The van der Waals surface area contributed by atoms with Crippen molar-refractivity contribution in [2.45, 2.75) is 26.6 Å². The van der Waals surface area contributed by atoms with E-state index in [0.29, 0.717) is 6.08 Å². The fourth-order valence-corrected chi connectivity index (χ4v) is 1.60. The van der Waals surface area contributed by atoms with Gasteiger partial charge in [-0.2, -0.15) is 0 Å². The molecule has 7 heteroatoms. The van der Waals surface area contributed by atoms with Gasteiger partial charge < -0.3 is 14.3 Å². The summed E-state index contributed by atoms with van der Waals surface area (Å²) in [5, 5.41) is 8.39. The summed E-state index contributed by atoms with van der Waals surface area (Å²) in [4.78, 5) is 32.7. The van der Waals surface area contributed by atoms with Gasteiger partial charge in [0.15, 0.2) is 6.61 Å². The van der Waals surface area contributed by atoms with E-state index >= 15 is 0 Å². The molecule has 0 saturated heterocycles. The van der Waals surface area contributed by atoms with E-state index < -0.39 is 32.8 Å². The predicted molar refractivity (Wildman–Crippen MR) is 61.8 cm³/mol. The molecule has 0 radical (unpaired) electrons. The first-order valence-corrected chi connectivity index (χ1v) is 8.33. The number of carboxylic acid groups (broad SMARTS) is 1. The van der Waals surface area contributed by atoms with Gasteiger partial charge in [0, 0.05) is 11.6 Å². The standard InChI is InChI=1S/C10H16O6Si/c1-7(5-8(11)12)10(14)15-6-9(13)16-17(2,3)4/h5H,6H2,1-4H3,(H,11,12)/b7-5-. The first-order valence-electron chi connectivity index (χ1n) is 4.92. The number of hydrogen-bond acceptors (Lipinski definition) is 5. The number of esters is 1. The van der Waals surface area contributed by atoms with Crippen molar-refractivity contribution in [1.82, 2.24) is 0 Å². The van der Waals surface area contributed by atoms with Crippen LogP contribution in [0, 0.1) is 0 Å². The van der Waals surface area contributed by atoms with E-state index in [4.69, 9.17) is 9.53 Å². The van der Waals surface area contributed by atoms with Gasteiger partial charge in [0.25, 0.3) is 0 Å². The summed E-state index contributed by atoms with van der Waals surface area (Å²) in [7, 11) is -2.00. The SMILES string of the molecule is C/C(=C/C(=O)O)C(=O)OCC(=O)O[Si](C)(C)C. The van der Waals surface area contributed by atoms with Gasteiger partial charge in [-0.1, -0.05) is 0 Å². The van der Waals surface area contributed by atoms with Crippen molar-refractivity contribution >= 4 is 26.2 Å². The summed E-state index contributed by atoms with van der Waals surface area (Å²) in [6, 6.07) is 0. The molecule has 0 bridgehead atoms. The Hall–Kier alpha value is -1.63. The Bertz CT molecular complexity index is 352. The molecular weight excluding hydrogens is 244 g/mol. The topological polar surface area (TPSA) is 89.9 Å². The average molecular weight is 260 g/mol. The summed E-state index contributed by atoms with van der Waals surface area (Å²) >= 11 is 0. The van der Waals surface area contributed by atoms with Crippen molar-refractivity contribution in [3.63, 3.8) is 0 Å². The van der Waals surface area contributed by atoms with Gasteiger partial charge in [-0.3, -0.25) is 0 Å². The molecule has 0 atom stereocenters. The monoisotopic (exact) mass is 260 g/mol. The maximum absolute atomic E-state index is 11.2. The molecule has 17 heavy (non-hydrogen) atoms. The van der Waals surface area contributed by atoms with Gasteiger partial charge in [-0.05, 0) is 26.6 Å². The number of ether oxygens (including phenoxy) is 1. The average Bonchev–Trinajstić information content (AvgIpc) is 2.10. The zero-order valence-electron chi connectivity index (χ0n) is 10.3. The van der Waals surface area contributed by atoms with E-state index in [0.717, 1.165) is 0 Å². The third-order valence-corrected chi connectivity index (χ3v) is 2.24. The van der Waals surface area contributed by atoms with Gasteiger partial charge in [-0.25, -0.2) is 14.4 Å². The van der Waals surface area contributed by atoms with Crippen LogP contribution in [0.2, 0.25) is 19.6 Å². The van der Waals surface area contributed by atoms with Crippen LogP contribution in [0.1, 0.15) is 6.92 Å². The molecule has 0 aliphatic rings. The van der Waals surface area contributed by atoms with Crippen molar-refractivity contribution < 1.29 is 28.7 Å². The van der Waals surface area contributed by atoms with Crippen LogP contribution in [0.5, 0.6) is 0 Å². The van der Waals surface area contributed by atoms with Gasteiger partial charge >= 0.3 is 17.9 Å². The molecule has 0 aromatic carbocycles. The van der Waals surface area contributed by atoms with Crippen molar-refractivity contribution in [2.75, 3.05) is 6.61 Å². The molecule has 0 amide bonds. The minimum absolute atomic E-state index is 0.0849. The van der Waals surface area contributed by atoms with Gasteiger partial charge in [0.05, 0.1) is 0 Å². The van der Waals surface area contributed by atoms with Crippen LogP contribution in [0.15, 0.2) is 11.6 Å². The second kappa shape index (κ2) is 6.19. The van der Waals surface area contributed by atoms with Crippen molar-refractivity contribution in [2.24, 2.45) is 0 Å². The van der Waals surface area contributed by atoms with Gasteiger partial charge in [0.1, 0.15) is 0 Å². The van der Waals surface area contributed by atoms with Crippen molar-refractivity contribution in [3.8, 4) is 0 Å². The Morgan fingerprint density at radius 2 is 1.76 bits per heavy atom. The van der Waals surface area contributed by atoms with E-state index in [1.54, 1.807) is 0 Å². The highest BCUT2D eigenvalue weighted by molar-refractivity contribution is 6.71. The Labute approximate surface area is 100 Å². The second-order valence-electron chi connectivity index (χ2n) is 4.33. The molecular formula is C10H16O6Si. The minimum Gasteiger partial charge on any atom is -0.517 e. The lowest BCUT2D eigenvalue weighted by molar-refractivity contribution is -0.151. The molecule has 0 aliphatic carbocycles. The summed E-state index contributed by atoms with van der Waals surface area (Å²) in [5.74, 6) is -2.72. The maximum Gasteiger partial charge on any atom is 0.334 e. The zero-order chi connectivity index (χ0) is 13.6. The summed E-state index contributed by atoms with van der Waals surface area (Å²) < 4.78 is 9.63. The Kier molecular flexibility index (Phi) is 5.59. The second-order valence-corrected chi connectivity index (χ2v) is 8.76. The Morgan fingerprint density at radius 3 is 2.18 bits per heavy atom. The highest BCUT2D eigenvalue weighted by atomic mass is 28.4. The van der Waals surface area contributed by atoms with Crippen molar-refractivity contribution in [3.05, 3.63) is 11.6 Å². The van der Waals surface area contributed by atoms with E-state index in [1.165, 1.54) is 6.92 Å². The fourth-order valence-electron chi connectivity index (χ4n) is 0.853. The van der Waals surface area contributed by atoms with Crippen LogP contribution in [0.3, 0.4) is 0 Å². The quantitative estimate of drug-likeness (QED) is 0.449. The number of hydrogen-bond donors (Lipinski definition) is 1. The number of carbonyl (C=O) groups excluding carboxylic acids is 2. The highest BCUT2D eigenvalue weighted by Crippen LogP contribution is 2.03. The lowest BCUT2D eigenvalue weighted by Crippen LogP contribution is -2.31. The molecule has 0 spiro atoms. The Morgan fingerprint density at radius 1 is 1.24 bits per heavy atom. The van der Waals surface area contributed by atoms with Crippen molar-refractivity contribution in [1.29, 1.82) is 0 Å². The third kappa shape index (κ3) is 8.20. The first kappa shape index (κ1) is 15.4. The smallest absolute Gasteiger partial charge is 0.334 e. The first-order chi connectivity index (χ1) is 7.61. The molecule has 0 unspecified atom stereocenters. The van der Waals surface area contributed by atoms with E-state index in [1.807, 2.05) is 19.6 Å². The summed E-state index contributed by atoms with van der Waals surface area (Å²) in [5.41, 5.74) is -0.0849. The zero-order valence-corrected chi connectivity index (χ0v) is 11.3. The fraction of sp³-hybridized carbons (Fsp3) is 0.500. The summed E-state index contributed by atoms with van der Waals surface area (Å²) in [6.45, 7) is 6.25. The van der Waals surface area contributed by atoms with Crippen LogP contribution < -0.4 is 0 Å². The largest absolute Gasteiger partial charge is 0.517 e. The molecule has 0 aromatic heterocycles. The maximum atomic E-state index is 11.2. The van der Waals surface area contributed by atoms with E-state index in [2.05, 4.69) is 4.74 Å². The summed E-state index contributed by atoms with van der Waals surface area (Å²) in [6.07, 6.45) is 0.714. The molecule has 96 valence electrons. The van der Waals surface area contributed by atoms with E-state index in [-0.39, 0.29) is 5.57 Å². The molecule has 0 aromatic rings. The Balaban J connectivity index is 4.18. The predicted octanol–water partition coefficient (Wildman–Crippen LogP) is 0.939. The van der Waals surface area contributed by atoms with Crippen LogP contribution in [-0.2, 0) is 23.5 Å². The van der Waals surface area contributed by atoms with Crippen LogP contribution >= 0.6 is 0 Å². The highest BCUT2D eigenvalue weighted by Gasteiger charge is 2.21. The van der Waals surface area contributed by atoms with E-state index in [9.17, 15) is 14.4 Å². The molecule has 1 N–H and O–H groups in total. The number of rotatable bonds is 5. The number of aliphatic carboxylic acids is 1.